The zero-order chi connectivity index (χ0) is 9.35. The first-order valence-electron chi connectivity index (χ1n) is 4.33. The molecule has 0 spiro atoms. The fraction of sp³-hybridized carbons (Fsp3) is 0.600. The predicted octanol–water partition coefficient (Wildman–Crippen LogP) is 2.09. The molecule has 1 rings (SSSR count). The summed E-state index contributed by atoms with van der Waals surface area (Å²) in [7, 11) is 1.99. The van der Waals surface area contributed by atoms with Crippen molar-refractivity contribution < 1.29 is 0 Å². The molecule has 0 aromatic carbocycles. The summed E-state index contributed by atoms with van der Waals surface area (Å²) in [5, 5.41) is 3.31. The third-order valence-electron chi connectivity index (χ3n) is 2.52. The minimum Gasteiger partial charge on any atom is -0.365 e. The predicted molar refractivity (Wildman–Crippen MR) is 52.4 cm³/mol. The van der Waals surface area contributed by atoms with Gasteiger partial charge in [-0.15, -0.1) is 0 Å². The van der Waals surface area contributed by atoms with E-state index in [1.54, 1.807) is 0 Å². The van der Waals surface area contributed by atoms with E-state index in [1.165, 1.54) is 16.8 Å². The van der Waals surface area contributed by atoms with Gasteiger partial charge in [0, 0.05) is 17.4 Å². The zero-order valence-corrected chi connectivity index (χ0v) is 8.58. The third kappa shape index (κ3) is 1.39. The van der Waals surface area contributed by atoms with Crippen LogP contribution in [0.4, 0.5) is 0 Å². The Morgan fingerprint density at radius 2 is 1.92 bits per heavy atom. The first-order valence-corrected chi connectivity index (χ1v) is 4.33. The van der Waals surface area contributed by atoms with Crippen molar-refractivity contribution in [2.45, 2.75) is 33.2 Å². The standard InChI is InChI=1S/C10H18N2/c1-7-6-12-8(2)9(7)10(3,4)11-5/h6,11-12H,1-5H3. The van der Waals surface area contributed by atoms with Gasteiger partial charge in [0.1, 0.15) is 0 Å². The average Bonchev–Trinajstić information content (AvgIpc) is 2.31. The number of hydrogen-bond acceptors (Lipinski definition) is 1. The van der Waals surface area contributed by atoms with Crippen LogP contribution in [0.3, 0.4) is 0 Å². The van der Waals surface area contributed by atoms with Crippen molar-refractivity contribution >= 4 is 0 Å². The van der Waals surface area contributed by atoms with Crippen LogP contribution >= 0.6 is 0 Å². The molecule has 1 aromatic rings. The molecule has 0 aliphatic rings. The van der Waals surface area contributed by atoms with Crippen LogP contribution in [0.25, 0.3) is 0 Å². The van der Waals surface area contributed by atoms with E-state index in [0.29, 0.717) is 0 Å². The Labute approximate surface area is 74.4 Å². The largest absolute Gasteiger partial charge is 0.365 e. The molecule has 68 valence electrons. The molecule has 0 unspecified atom stereocenters. The van der Waals surface area contributed by atoms with E-state index >= 15 is 0 Å². The van der Waals surface area contributed by atoms with Crippen LogP contribution in [0, 0.1) is 13.8 Å². The van der Waals surface area contributed by atoms with Crippen molar-refractivity contribution in [2.75, 3.05) is 7.05 Å². The number of aromatic amines is 1. The van der Waals surface area contributed by atoms with E-state index in [9.17, 15) is 0 Å². The molecule has 1 heterocycles. The molecule has 0 radical (unpaired) electrons. The van der Waals surface area contributed by atoms with Gasteiger partial charge >= 0.3 is 0 Å². The second-order valence-electron chi connectivity index (χ2n) is 3.85. The molecular formula is C10H18N2. The van der Waals surface area contributed by atoms with Crippen molar-refractivity contribution in [2.24, 2.45) is 0 Å². The summed E-state index contributed by atoms with van der Waals surface area (Å²) < 4.78 is 0. The van der Waals surface area contributed by atoms with E-state index in [-0.39, 0.29) is 5.54 Å². The van der Waals surface area contributed by atoms with Gasteiger partial charge in [-0.3, -0.25) is 0 Å². The van der Waals surface area contributed by atoms with Gasteiger partial charge in [-0.2, -0.15) is 0 Å². The molecule has 0 saturated heterocycles. The summed E-state index contributed by atoms with van der Waals surface area (Å²) in [6, 6.07) is 0. The number of hydrogen-bond donors (Lipinski definition) is 2. The Balaban J connectivity index is 3.17. The van der Waals surface area contributed by atoms with Gasteiger partial charge in [-0.05, 0) is 45.9 Å². The van der Waals surface area contributed by atoms with E-state index in [0.717, 1.165) is 0 Å². The van der Waals surface area contributed by atoms with Crippen LogP contribution in [-0.4, -0.2) is 12.0 Å². The Morgan fingerprint density at radius 3 is 2.25 bits per heavy atom. The van der Waals surface area contributed by atoms with Gasteiger partial charge in [0.25, 0.3) is 0 Å². The fourth-order valence-corrected chi connectivity index (χ4v) is 1.74. The number of aromatic nitrogens is 1. The van der Waals surface area contributed by atoms with Crippen LogP contribution in [0.2, 0.25) is 0 Å². The summed E-state index contributed by atoms with van der Waals surface area (Å²) in [5.74, 6) is 0. The molecular weight excluding hydrogens is 148 g/mol. The molecule has 2 nitrogen and oxygen atoms in total. The lowest BCUT2D eigenvalue weighted by molar-refractivity contribution is 0.440. The molecule has 0 amide bonds. The molecule has 0 atom stereocenters. The molecule has 0 saturated carbocycles. The molecule has 0 aliphatic heterocycles. The maximum atomic E-state index is 3.31. The van der Waals surface area contributed by atoms with E-state index in [1.807, 2.05) is 7.05 Å². The molecule has 12 heavy (non-hydrogen) atoms. The lowest BCUT2D eigenvalue weighted by Gasteiger charge is -2.25. The van der Waals surface area contributed by atoms with Crippen LogP contribution < -0.4 is 5.32 Å². The van der Waals surface area contributed by atoms with Crippen LogP contribution in [-0.2, 0) is 5.54 Å². The minimum absolute atomic E-state index is 0.0637. The van der Waals surface area contributed by atoms with Gasteiger partial charge in [0.15, 0.2) is 0 Å². The third-order valence-corrected chi connectivity index (χ3v) is 2.52. The highest BCUT2D eigenvalue weighted by Crippen LogP contribution is 2.25. The summed E-state index contributed by atoms with van der Waals surface area (Å²) >= 11 is 0. The lowest BCUT2D eigenvalue weighted by atomic mass is 9.92. The Kier molecular flexibility index (Phi) is 2.29. The van der Waals surface area contributed by atoms with Crippen molar-refractivity contribution in [3.8, 4) is 0 Å². The monoisotopic (exact) mass is 166 g/mol. The second-order valence-corrected chi connectivity index (χ2v) is 3.85. The van der Waals surface area contributed by atoms with Crippen molar-refractivity contribution in [1.82, 2.24) is 10.3 Å². The average molecular weight is 166 g/mol. The number of rotatable bonds is 2. The van der Waals surface area contributed by atoms with Gasteiger partial charge in [-0.1, -0.05) is 0 Å². The fourth-order valence-electron chi connectivity index (χ4n) is 1.74. The van der Waals surface area contributed by atoms with Gasteiger partial charge in [0.05, 0.1) is 0 Å². The van der Waals surface area contributed by atoms with Gasteiger partial charge in [-0.25, -0.2) is 0 Å². The van der Waals surface area contributed by atoms with E-state index in [4.69, 9.17) is 0 Å². The quantitative estimate of drug-likeness (QED) is 0.691. The topological polar surface area (TPSA) is 27.8 Å². The maximum Gasteiger partial charge on any atom is 0.0395 e. The highest BCUT2D eigenvalue weighted by atomic mass is 14.9. The first-order chi connectivity index (χ1) is 5.49. The van der Waals surface area contributed by atoms with Gasteiger partial charge in [0.2, 0.25) is 0 Å². The summed E-state index contributed by atoms with van der Waals surface area (Å²) in [4.78, 5) is 3.24. The van der Waals surface area contributed by atoms with Crippen LogP contribution in [0.1, 0.15) is 30.7 Å². The molecule has 0 bridgehead atoms. The van der Waals surface area contributed by atoms with Crippen molar-refractivity contribution in [1.29, 1.82) is 0 Å². The zero-order valence-electron chi connectivity index (χ0n) is 8.58. The number of aryl methyl sites for hydroxylation is 2. The highest BCUT2D eigenvalue weighted by molar-refractivity contribution is 5.34. The van der Waals surface area contributed by atoms with Gasteiger partial charge < -0.3 is 10.3 Å². The second kappa shape index (κ2) is 2.94. The summed E-state index contributed by atoms with van der Waals surface area (Å²) in [6.45, 7) is 8.63. The molecule has 1 aromatic heterocycles. The van der Waals surface area contributed by atoms with Crippen molar-refractivity contribution in [3.05, 3.63) is 23.0 Å². The number of nitrogens with one attached hydrogen (secondary N) is 2. The Morgan fingerprint density at radius 1 is 1.33 bits per heavy atom. The highest BCUT2D eigenvalue weighted by Gasteiger charge is 2.22. The van der Waals surface area contributed by atoms with Crippen LogP contribution in [0.5, 0.6) is 0 Å². The lowest BCUT2D eigenvalue weighted by Crippen LogP contribution is -2.34. The Hall–Kier alpha value is -0.760. The van der Waals surface area contributed by atoms with E-state index < -0.39 is 0 Å². The summed E-state index contributed by atoms with van der Waals surface area (Å²) in [5.41, 5.74) is 4.03. The molecule has 0 fully saturated rings. The van der Waals surface area contributed by atoms with E-state index in [2.05, 4.69) is 44.2 Å². The molecule has 2 N–H and O–H groups in total. The first kappa shape index (κ1) is 9.33. The Bertz CT molecular complexity index is 252. The minimum atomic E-state index is 0.0637. The smallest absolute Gasteiger partial charge is 0.0395 e. The molecule has 2 heteroatoms. The SMILES string of the molecule is CNC(C)(C)c1c(C)c[nH]c1C. The maximum absolute atomic E-state index is 3.31. The van der Waals surface area contributed by atoms with Crippen LogP contribution in [0.15, 0.2) is 6.20 Å². The normalized spacial score (nSPS) is 12.1. The van der Waals surface area contributed by atoms with Crippen molar-refractivity contribution in [3.63, 3.8) is 0 Å². The molecule has 0 aliphatic carbocycles. The number of H-pyrrole nitrogens is 1. The summed E-state index contributed by atoms with van der Waals surface area (Å²) in [6.07, 6.45) is 2.06.